The smallest absolute Gasteiger partial charge is 0.263 e. The van der Waals surface area contributed by atoms with E-state index in [0.29, 0.717) is 22.4 Å². The first-order valence-corrected chi connectivity index (χ1v) is 9.42. The highest BCUT2D eigenvalue weighted by Crippen LogP contribution is 2.57. The maximum absolute atomic E-state index is 12.5. The summed E-state index contributed by atoms with van der Waals surface area (Å²) in [4.78, 5) is 22.5. The van der Waals surface area contributed by atoms with Crippen LogP contribution in [0.15, 0.2) is 41.3 Å². The molecule has 5 rings (SSSR count). The number of hydrogen-bond acceptors (Lipinski definition) is 4. The Bertz CT molecular complexity index is 1000. The van der Waals surface area contributed by atoms with E-state index in [1.807, 2.05) is 7.05 Å². The highest BCUT2D eigenvalue weighted by molar-refractivity contribution is 5.74. The van der Waals surface area contributed by atoms with Crippen LogP contribution in [0.25, 0.3) is 11.0 Å². The second kappa shape index (κ2) is 5.69. The van der Waals surface area contributed by atoms with Gasteiger partial charge in [0.05, 0.1) is 12.2 Å². The zero-order valence-electron chi connectivity index (χ0n) is 15.0. The minimum absolute atomic E-state index is 0.116. The van der Waals surface area contributed by atoms with Gasteiger partial charge in [0.15, 0.2) is 5.65 Å². The third-order valence-corrected chi connectivity index (χ3v) is 6.20. The van der Waals surface area contributed by atoms with Gasteiger partial charge in [0.2, 0.25) is 5.95 Å². The summed E-state index contributed by atoms with van der Waals surface area (Å²) in [5.41, 5.74) is 2.14. The number of rotatable bonds is 2. The van der Waals surface area contributed by atoms with Crippen LogP contribution in [-0.2, 0) is 7.05 Å². The number of H-pyrrole nitrogens is 1. The van der Waals surface area contributed by atoms with E-state index >= 15 is 0 Å². The standard InChI is InChI=1S/C20H23N5O/c1-24-17-15(12-21-24)18(26)23-19(22-17)25-13-20(10-6-3-7-11-20)16(25)14-8-4-2-5-9-14/h2,4-5,8-9,12,16H,3,6-7,10-11,13H2,1H3,(H,22,23,26)/t16-/m1/s1. The average Bonchev–Trinajstić information content (AvgIpc) is 3.03. The Morgan fingerprint density at radius 1 is 1.15 bits per heavy atom. The van der Waals surface area contributed by atoms with E-state index in [0.717, 1.165) is 6.54 Å². The molecule has 1 N–H and O–H groups in total. The van der Waals surface area contributed by atoms with Crippen molar-refractivity contribution in [1.82, 2.24) is 19.7 Å². The van der Waals surface area contributed by atoms with Gasteiger partial charge in [-0.3, -0.25) is 14.5 Å². The molecule has 0 amide bonds. The number of nitrogens with one attached hydrogen (secondary N) is 1. The molecule has 0 radical (unpaired) electrons. The second-order valence-corrected chi connectivity index (χ2v) is 7.76. The maximum Gasteiger partial charge on any atom is 0.263 e. The van der Waals surface area contributed by atoms with Crippen molar-refractivity contribution in [2.75, 3.05) is 11.4 Å². The first-order chi connectivity index (χ1) is 12.7. The van der Waals surface area contributed by atoms with Gasteiger partial charge < -0.3 is 4.90 Å². The largest absolute Gasteiger partial charge is 0.334 e. The number of hydrogen-bond donors (Lipinski definition) is 1. The minimum Gasteiger partial charge on any atom is -0.334 e. The predicted molar refractivity (Wildman–Crippen MR) is 101 cm³/mol. The summed E-state index contributed by atoms with van der Waals surface area (Å²) in [6.07, 6.45) is 8.00. The van der Waals surface area contributed by atoms with Crippen molar-refractivity contribution in [2.24, 2.45) is 12.5 Å². The van der Waals surface area contributed by atoms with E-state index in [1.54, 1.807) is 10.9 Å². The molecule has 6 nitrogen and oxygen atoms in total. The molecule has 0 unspecified atom stereocenters. The van der Waals surface area contributed by atoms with Crippen LogP contribution in [0.2, 0.25) is 0 Å². The lowest BCUT2D eigenvalue weighted by atomic mass is 9.61. The predicted octanol–water partition coefficient (Wildman–Crippen LogP) is 3.17. The summed E-state index contributed by atoms with van der Waals surface area (Å²) < 4.78 is 1.67. The Morgan fingerprint density at radius 3 is 2.69 bits per heavy atom. The Labute approximate surface area is 151 Å². The Balaban J connectivity index is 1.60. The van der Waals surface area contributed by atoms with Crippen molar-refractivity contribution in [1.29, 1.82) is 0 Å². The van der Waals surface area contributed by atoms with Crippen LogP contribution >= 0.6 is 0 Å². The number of aromatic amines is 1. The SMILES string of the molecule is Cn1ncc2c(=O)[nH]c(N3CC4(CCCCC4)[C@H]3c3ccccc3)nc21. The summed E-state index contributed by atoms with van der Waals surface area (Å²) >= 11 is 0. The van der Waals surface area contributed by atoms with E-state index in [2.05, 4.69) is 45.3 Å². The van der Waals surface area contributed by atoms with Crippen LogP contribution in [-0.4, -0.2) is 26.3 Å². The van der Waals surface area contributed by atoms with E-state index in [-0.39, 0.29) is 11.6 Å². The quantitative estimate of drug-likeness (QED) is 0.772. The molecule has 1 saturated heterocycles. The molecule has 2 fully saturated rings. The van der Waals surface area contributed by atoms with E-state index < -0.39 is 0 Å². The summed E-state index contributed by atoms with van der Waals surface area (Å²) in [7, 11) is 1.83. The fourth-order valence-electron chi connectivity index (χ4n) is 4.95. The van der Waals surface area contributed by atoms with Crippen LogP contribution in [0.3, 0.4) is 0 Å². The van der Waals surface area contributed by atoms with E-state index in [4.69, 9.17) is 4.98 Å². The van der Waals surface area contributed by atoms with Gasteiger partial charge in [-0.25, -0.2) is 0 Å². The monoisotopic (exact) mass is 349 g/mol. The zero-order chi connectivity index (χ0) is 17.7. The first-order valence-electron chi connectivity index (χ1n) is 9.42. The van der Waals surface area contributed by atoms with Gasteiger partial charge in [-0.2, -0.15) is 10.1 Å². The van der Waals surface area contributed by atoms with Crippen LogP contribution in [0, 0.1) is 5.41 Å². The molecule has 1 aliphatic heterocycles. The topological polar surface area (TPSA) is 66.8 Å². The van der Waals surface area contributed by atoms with Gasteiger partial charge in [-0.15, -0.1) is 0 Å². The lowest BCUT2D eigenvalue weighted by Gasteiger charge is -2.59. The highest BCUT2D eigenvalue weighted by Gasteiger charge is 2.54. The van der Waals surface area contributed by atoms with E-state index in [1.165, 1.54) is 37.7 Å². The number of anilines is 1. The number of aromatic nitrogens is 4. The van der Waals surface area contributed by atoms with Gasteiger partial charge in [-0.05, 0) is 18.4 Å². The van der Waals surface area contributed by atoms with Crippen LogP contribution < -0.4 is 10.5 Å². The number of nitrogens with zero attached hydrogens (tertiary/aromatic N) is 4. The Hall–Kier alpha value is -2.63. The molecule has 3 heterocycles. The lowest BCUT2D eigenvalue weighted by Crippen LogP contribution is -2.60. The molecule has 1 spiro atoms. The summed E-state index contributed by atoms with van der Waals surface area (Å²) in [6, 6.07) is 10.9. The van der Waals surface area contributed by atoms with Crippen molar-refractivity contribution < 1.29 is 0 Å². The zero-order valence-corrected chi connectivity index (χ0v) is 15.0. The fraction of sp³-hybridized carbons (Fsp3) is 0.450. The third kappa shape index (κ3) is 2.21. The third-order valence-electron chi connectivity index (χ3n) is 6.20. The van der Waals surface area contributed by atoms with Crippen molar-refractivity contribution >= 4 is 17.0 Å². The molecule has 134 valence electrons. The molecule has 3 aromatic rings. The van der Waals surface area contributed by atoms with Gasteiger partial charge in [0.1, 0.15) is 5.39 Å². The van der Waals surface area contributed by atoms with Crippen molar-refractivity contribution in [3.63, 3.8) is 0 Å². The molecule has 1 aliphatic carbocycles. The van der Waals surface area contributed by atoms with Crippen molar-refractivity contribution in [3.8, 4) is 0 Å². The molecule has 26 heavy (non-hydrogen) atoms. The maximum atomic E-state index is 12.5. The molecule has 1 atom stereocenters. The van der Waals surface area contributed by atoms with Gasteiger partial charge >= 0.3 is 0 Å². The van der Waals surface area contributed by atoms with Gasteiger partial charge in [-0.1, -0.05) is 49.6 Å². The molecule has 2 aliphatic rings. The fourth-order valence-corrected chi connectivity index (χ4v) is 4.95. The normalized spacial score (nSPS) is 21.9. The average molecular weight is 349 g/mol. The number of benzene rings is 1. The second-order valence-electron chi connectivity index (χ2n) is 7.76. The molecule has 0 bridgehead atoms. The molecule has 2 aromatic heterocycles. The van der Waals surface area contributed by atoms with Gasteiger partial charge in [0, 0.05) is 19.0 Å². The number of aryl methyl sites for hydroxylation is 1. The van der Waals surface area contributed by atoms with Crippen LogP contribution in [0.4, 0.5) is 5.95 Å². The highest BCUT2D eigenvalue weighted by atomic mass is 16.1. The minimum atomic E-state index is -0.116. The Morgan fingerprint density at radius 2 is 1.92 bits per heavy atom. The Kier molecular flexibility index (Phi) is 3.42. The molecule has 1 aromatic carbocycles. The summed E-state index contributed by atoms with van der Waals surface area (Å²) in [5, 5.41) is 4.72. The summed E-state index contributed by atoms with van der Waals surface area (Å²) in [5.74, 6) is 0.663. The van der Waals surface area contributed by atoms with Crippen LogP contribution in [0.1, 0.15) is 43.7 Å². The number of fused-ring (bicyclic) bond motifs is 1. The molecule has 1 saturated carbocycles. The molecular formula is C20H23N5O. The summed E-state index contributed by atoms with van der Waals surface area (Å²) in [6.45, 7) is 0.957. The van der Waals surface area contributed by atoms with Crippen molar-refractivity contribution in [3.05, 3.63) is 52.4 Å². The molecule has 6 heteroatoms. The lowest BCUT2D eigenvalue weighted by molar-refractivity contribution is 0.0713. The first kappa shape index (κ1) is 15.6. The van der Waals surface area contributed by atoms with Crippen molar-refractivity contribution in [2.45, 2.75) is 38.1 Å². The molecular weight excluding hydrogens is 326 g/mol. The van der Waals surface area contributed by atoms with Gasteiger partial charge in [0.25, 0.3) is 5.56 Å². The van der Waals surface area contributed by atoms with E-state index in [9.17, 15) is 4.79 Å². The van der Waals surface area contributed by atoms with Crippen LogP contribution in [0.5, 0.6) is 0 Å².